The molecule has 1 fully saturated rings. The zero-order valence-corrected chi connectivity index (χ0v) is 8.54. The third-order valence-corrected chi connectivity index (χ3v) is 3.35. The molecule has 3 nitrogen and oxygen atoms in total. The molecule has 0 saturated heterocycles. The zero-order chi connectivity index (χ0) is 9.64. The van der Waals surface area contributed by atoms with Crippen LogP contribution in [0.4, 0.5) is 0 Å². The summed E-state index contributed by atoms with van der Waals surface area (Å²) in [5, 5.41) is 14.8. The smallest absolute Gasteiger partial charge is 0.110 e. The maximum absolute atomic E-state index is 10.3. The highest BCUT2D eigenvalue weighted by Crippen LogP contribution is 2.47. The summed E-state index contributed by atoms with van der Waals surface area (Å²) in [4.78, 5) is 0. The normalized spacial score (nSPS) is 33.1. The molecule has 0 aromatic carbocycles. The van der Waals surface area contributed by atoms with Gasteiger partial charge in [0.15, 0.2) is 0 Å². The molecule has 1 saturated carbocycles. The molecule has 1 aliphatic rings. The molecule has 2 atom stereocenters. The average molecular weight is 201 g/mol. The standard InChI is InChI=1S/C9H13ClN2O/c1-6-3-4-9(6,13)8-7(10)5-11-12(8)2/h5-6,13H,3-4H2,1-2H3. The lowest BCUT2D eigenvalue weighted by Crippen LogP contribution is -2.44. The van der Waals surface area contributed by atoms with Crippen LogP contribution < -0.4 is 0 Å². The molecule has 0 aliphatic heterocycles. The topological polar surface area (TPSA) is 38.1 Å². The fourth-order valence-electron chi connectivity index (χ4n) is 1.96. The summed E-state index contributed by atoms with van der Waals surface area (Å²) in [6.07, 6.45) is 3.42. The molecular formula is C9H13ClN2O. The van der Waals surface area contributed by atoms with E-state index in [4.69, 9.17) is 11.6 Å². The van der Waals surface area contributed by atoms with E-state index < -0.39 is 5.60 Å². The zero-order valence-electron chi connectivity index (χ0n) is 7.79. The summed E-state index contributed by atoms with van der Waals surface area (Å²) >= 11 is 5.96. The molecule has 72 valence electrons. The molecule has 1 N–H and O–H groups in total. The monoisotopic (exact) mass is 200 g/mol. The number of aliphatic hydroxyl groups is 1. The number of aromatic nitrogens is 2. The predicted octanol–water partition coefficient (Wildman–Crippen LogP) is 1.69. The van der Waals surface area contributed by atoms with E-state index in [9.17, 15) is 5.11 Å². The van der Waals surface area contributed by atoms with Crippen molar-refractivity contribution >= 4 is 11.6 Å². The number of nitrogens with zero attached hydrogens (tertiary/aromatic N) is 2. The first-order valence-electron chi connectivity index (χ1n) is 4.46. The number of aryl methyl sites for hydroxylation is 1. The van der Waals surface area contributed by atoms with E-state index in [1.165, 1.54) is 0 Å². The van der Waals surface area contributed by atoms with Crippen molar-refractivity contribution in [1.29, 1.82) is 0 Å². The van der Waals surface area contributed by atoms with E-state index in [0.29, 0.717) is 5.02 Å². The van der Waals surface area contributed by atoms with E-state index in [-0.39, 0.29) is 5.92 Å². The lowest BCUT2D eigenvalue weighted by Gasteiger charge is -2.43. The molecule has 0 bridgehead atoms. The number of hydrogen-bond acceptors (Lipinski definition) is 2. The molecule has 0 spiro atoms. The van der Waals surface area contributed by atoms with Crippen molar-refractivity contribution in [2.45, 2.75) is 25.4 Å². The van der Waals surface area contributed by atoms with Gasteiger partial charge in [-0.15, -0.1) is 0 Å². The van der Waals surface area contributed by atoms with Gasteiger partial charge in [0.1, 0.15) is 5.60 Å². The first-order valence-corrected chi connectivity index (χ1v) is 4.84. The van der Waals surface area contributed by atoms with Crippen molar-refractivity contribution in [3.05, 3.63) is 16.9 Å². The minimum Gasteiger partial charge on any atom is -0.383 e. The van der Waals surface area contributed by atoms with Crippen LogP contribution in [0.3, 0.4) is 0 Å². The maximum atomic E-state index is 10.3. The van der Waals surface area contributed by atoms with Crippen LogP contribution in [0.5, 0.6) is 0 Å². The Morgan fingerprint density at radius 3 is 2.77 bits per heavy atom. The van der Waals surface area contributed by atoms with Gasteiger partial charge in [-0.05, 0) is 18.8 Å². The van der Waals surface area contributed by atoms with Crippen molar-refractivity contribution in [1.82, 2.24) is 9.78 Å². The second-order valence-electron chi connectivity index (χ2n) is 3.83. The maximum Gasteiger partial charge on any atom is 0.110 e. The van der Waals surface area contributed by atoms with Crippen molar-refractivity contribution < 1.29 is 5.11 Å². The second-order valence-corrected chi connectivity index (χ2v) is 4.24. The molecule has 0 radical (unpaired) electrons. The van der Waals surface area contributed by atoms with Crippen LogP contribution in [0.15, 0.2) is 6.20 Å². The Kier molecular flexibility index (Phi) is 1.89. The summed E-state index contributed by atoms with van der Waals surface area (Å²) in [5.74, 6) is 0.278. The van der Waals surface area contributed by atoms with E-state index in [1.54, 1.807) is 10.9 Å². The molecule has 1 aromatic heterocycles. The number of hydrogen-bond donors (Lipinski definition) is 1. The van der Waals surface area contributed by atoms with Crippen molar-refractivity contribution in [2.75, 3.05) is 0 Å². The Balaban J connectivity index is 2.45. The molecule has 1 heterocycles. The van der Waals surface area contributed by atoms with Crippen LogP contribution in [0.1, 0.15) is 25.5 Å². The number of halogens is 1. The molecule has 2 unspecified atom stereocenters. The van der Waals surface area contributed by atoms with Crippen molar-refractivity contribution in [3.8, 4) is 0 Å². The lowest BCUT2D eigenvalue weighted by atomic mass is 9.68. The van der Waals surface area contributed by atoms with Gasteiger partial charge in [0.2, 0.25) is 0 Å². The fraction of sp³-hybridized carbons (Fsp3) is 0.667. The van der Waals surface area contributed by atoms with Gasteiger partial charge in [-0.25, -0.2) is 0 Å². The lowest BCUT2D eigenvalue weighted by molar-refractivity contribution is -0.0988. The van der Waals surface area contributed by atoms with Gasteiger partial charge in [0.05, 0.1) is 16.9 Å². The Labute approximate surface area is 82.3 Å². The van der Waals surface area contributed by atoms with Crippen molar-refractivity contribution in [2.24, 2.45) is 13.0 Å². The van der Waals surface area contributed by atoms with Gasteiger partial charge in [0, 0.05) is 7.05 Å². The van der Waals surface area contributed by atoms with Crippen LogP contribution in [0.25, 0.3) is 0 Å². The molecule has 1 aliphatic carbocycles. The van der Waals surface area contributed by atoms with Gasteiger partial charge >= 0.3 is 0 Å². The predicted molar refractivity (Wildman–Crippen MR) is 50.5 cm³/mol. The largest absolute Gasteiger partial charge is 0.383 e. The van der Waals surface area contributed by atoms with Crippen LogP contribution >= 0.6 is 11.6 Å². The van der Waals surface area contributed by atoms with E-state index in [0.717, 1.165) is 18.5 Å². The summed E-state index contributed by atoms with van der Waals surface area (Å²) in [5.41, 5.74) is 0.00965. The highest BCUT2D eigenvalue weighted by molar-refractivity contribution is 6.31. The minimum atomic E-state index is -0.748. The first-order chi connectivity index (χ1) is 6.05. The van der Waals surface area contributed by atoms with Gasteiger partial charge in [-0.1, -0.05) is 18.5 Å². The SMILES string of the molecule is CC1CCC1(O)c1c(Cl)cnn1C. The summed E-state index contributed by atoms with van der Waals surface area (Å²) in [6.45, 7) is 2.03. The van der Waals surface area contributed by atoms with Crippen LogP contribution in [-0.4, -0.2) is 14.9 Å². The fourth-order valence-corrected chi connectivity index (χ4v) is 2.29. The highest BCUT2D eigenvalue weighted by atomic mass is 35.5. The molecule has 4 heteroatoms. The van der Waals surface area contributed by atoms with Gasteiger partial charge < -0.3 is 5.11 Å². The van der Waals surface area contributed by atoms with Crippen LogP contribution in [-0.2, 0) is 12.6 Å². The molecule has 0 amide bonds. The molecule has 2 rings (SSSR count). The van der Waals surface area contributed by atoms with E-state index in [2.05, 4.69) is 5.10 Å². The van der Waals surface area contributed by atoms with Gasteiger partial charge in [0.25, 0.3) is 0 Å². The minimum absolute atomic E-state index is 0.278. The highest BCUT2D eigenvalue weighted by Gasteiger charge is 2.46. The average Bonchev–Trinajstić information content (AvgIpc) is 2.43. The third-order valence-electron chi connectivity index (χ3n) is 3.08. The van der Waals surface area contributed by atoms with Crippen LogP contribution in [0, 0.1) is 5.92 Å². The summed E-state index contributed by atoms with van der Waals surface area (Å²) in [7, 11) is 1.81. The quantitative estimate of drug-likeness (QED) is 0.749. The molecule has 13 heavy (non-hydrogen) atoms. The van der Waals surface area contributed by atoms with Gasteiger partial charge in [-0.3, -0.25) is 4.68 Å². The first kappa shape index (κ1) is 9.03. The summed E-state index contributed by atoms with van der Waals surface area (Å²) in [6, 6.07) is 0. The molecule has 1 aromatic rings. The number of rotatable bonds is 1. The Morgan fingerprint density at radius 1 is 1.77 bits per heavy atom. The third kappa shape index (κ3) is 1.11. The Bertz CT molecular complexity index is 317. The second kappa shape index (κ2) is 2.72. The van der Waals surface area contributed by atoms with Crippen LogP contribution in [0.2, 0.25) is 5.02 Å². The Hall–Kier alpha value is -0.540. The Morgan fingerprint density at radius 2 is 2.46 bits per heavy atom. The van der Waals surface area contributed by atoms with E-state index >= 15 is 0 Å². The van der Waals surface area contributed by atoms with Crippen molar-refractivity contribution in [3.63, 3.8) is 0 Å². The van der Waals surface area contributed by atoms with E-state index in [1.807, 2.05) is 14.0 Å². The van der Waals surface area contributed by atoms with Gasteiger partial charge in [-0.2, -0.15) is 5.10 Å². The molecular weight excluding hydrogens is 188 g/mol. The summed E-state index contributed by atoms with van der Waals surface area (Å²) < 4.78 is 1.66.